The highest BCUT2D eigenvalue weighted by Crippen LogP contribution is 2.28. The maximum atomic E-state index is 5.56. The van der Waals surface area contributed by atoms with E-state index in [1.807, 2.05) is 54.1 Å². The van der Waals surface area contributed by atoms with Gasteiger partial charge in [-0.15, -0.1) is 0 Å². The van der Waals surface area contributed by atoms with Crippen molar-refractivity contribution in [1.82, 2.24) is 25.2 Å². The highest BCUT2D eigenvalue weighted by molar-refractivity contribution is 5.97. The van der Waals surface area contributed by atoms with Gasteiger partial charge in [-0.05, 0) is 31.2 Å². The monoisotopic (exact) mass is 390 g/mol. The Hall–Kier alpha value is -3.72. The number of hydrogen-bond donors (Lipinski definition) is 1. The highest BCUT2D eigenvalue weighted by Gasteiger charge is 2.25. The Kier molecular flexibility index (Phi) is 4.21. The molecular weight excluding hydrogens is 372 g/mol. The van der Waals surface area contributed by atoms with Gasteiger partial charge in [-0.25, -0.2) is 15.4 Å². The lowest BCUT2D eigenvalue weighted by Crippen LogP contribution is -2.33. The average Bonchev–Trinajstić information content (AvgIpc) is 3.39. The number of aromatic nitrogens is 4. The quantitative estimate of drug-likeness (QED) is 0.572. The summed E-state index contributed by atoms with van der Waals surface area (Å²) in [5.74, 6) is 0.957. The summed E-state index contributed by atoms with van der Waals surface area (Å²) in [5, 5.41) is 5.11. The number of imidazole rings is 1. The van der Waals surface area contributed by atoms with Gasteiger partial charge in [-0.3, -0.25) is 9.83 Å². The molecule has 29 heavy (non-hydrogen) atoms. The van der Waals surface area contributed by atoms with Gasteiger partial charge in [0.05, 0.1) is 19.1 Å². The second-order valence-corrected chi connectivity index (χ2v) is 6.62. The topological polar surface area (TPSA) is 99.6 Å². The molecule has 1 atom stereocenters. The van der Waals surface area contributed by atoms with Crippen LogP contribution < -0.4 is 10.2 Å². The SMILES string of the molecule is COc1nc(C2=NC(c3noc4ccccc34)CON2)ccc1-n1cnc(C)c1. The second kappa shape index (κ2) is 7.02. The number of benzene rings is 1. The first-order valence-electron chi connectivity index (χ1n) is 9.09. The van der Waals surface area contributed by atoms with Crippen LogP contribution in [-0.4, -0.2) is 39.2 Å². The van der Waals surface area contributed by atoms with E-state index in [0.717, 1.165) is 28.0 Å². The normalized spacial score (nSPS) is 16.5. The van der Waals surface area contributed by atoms with Crippen molar-refractivity contribution < 1.29 is 14.1 Å². The number of para-hydroxylation sites is 1. The zero-order valence-electron chi connectivity index (χ0n) is 15.9. The van der Waals surface area contributed by atoms with Crippen LogP contribution in [0.4, 0.5) is 0 Å². The fraction of sp³-hybridized carbons (Fsp3) is 0.200. The molecule has 4 heterocycles. The molecule has 1 aliphatic rings. The van der Waals surface area contributed by atoms with Crippen LogP contribution in [0.1, 0.15) is 23.1 Å². The lowest BCUT2D eigenvalue weighted by molar-refractivity contribution is 0.0609. The Morgan fingerprint density at radius 1 is 1.21 bits per heavy atom. The van der Waals surface area contributed by atoms with E-state index in [0.29, 0.717) is 24.0 Å². The molecule has 0 radical (unpaired) electrons. The van der Waals surface area contributed by atoms with Crippen molar-refractivity contribution in [3.8, 4) is 11.6 Å². The first-order valence-corrected chi connectivity index (χ1v) is 9.09. The van der Waals surface area contributed by atoms with Gasteiger partial charge >= 0.3 is 0 Å². The predicted octanol–water partition coefficient (Wildman–Crippen LogP) is 2.75. The number of pyridine rings is 1. The zero-order valence-corrected chi connectivity index (χ0v) is 15.9. The minimum Gasteiger partial charge on any atom is -0.479 e. The molecule has 4 aromatic rings. The van der Waals surface area contributed by atoms with E-state index < -0.39 is 0 Å². The van der Waals surface area contributed by atoms with Crippen molar-refractivity contribution >= 4 is 16.8 Å². The summed E-state index contributed by atoms with van der Waals surface area (Å²) < 4.78 is 12.8. The molecule has 1 aliphatic heterocycles. The van der Waals surface area contributed by atoms with Gasteiger partial charge in [0, 0.05) is 11.6 Å². The molecule has 0 aliphatic carbocycles. The molecule has 1 N–H and O–H groups in total. The van der Waals surface area contributed by atoms with Crippen LogP contribution in [0.3, 0.4) is 0 Å². The Labute approximate surface area is 165 Å². The van der Waals surface area contributed by atoms with Crippen LogP contribution in [-0.2, 0) is 4.84 Å². The molecule has 146 valence electrons. The minimum absolute atomic E-state index is 0.307. The van der Waals surface area contributed by atoms with Gasteiger partial charge in [-0.1, -0.05) is 17.3 Å². The minimum atomic E-state index is -0.307. The summed E-state index contributed by atoms with van der Waals surface area (Å²) in [6, 6.07) is 11.1. The number of amidine groups is 1. The first kappa shape index (κ1) is 17.4. The Bertz CT molecular complexity index is 1210. The number of aliphatic imine (C=N–C) groups is 1. The van der Waals surface area contributed by atoms with E-state index in [9.17, 15) is 0 Å². The fourth-order valence-corrected chi connectivity index (χ4v) is 3.28. The van der Waals surface area contributed by atoms with Crippen molar-refractivity contribution in [2.24, 2.45) is 4.99 Å². The van der Waals surface area contributed by atoms with Crippen LogP contribution >= 0.6 is 0 Å². The van der Waals surface area contributed by atoms with Crippen molar-refractivity contribution in [2.75, 3.05) is 13.7 Å². The summed E-state index contributed by atoms with van der Waals surface area (Å²) in [4.78, 5) is 19.1. The van der Waals surface area contributed by atoms with Crippen molar-refractivity contribution in [1.29, 1.82) is 0 Å². The largest absolute Gasteiger partial charge is 0.479 e. The number of hydroxylamine groups is 1. The summed E-state index contributed by atoms with van der Waals surface area (Å²) in [6.07, 6.45) is 3.63. The number of aryl methyl sites for hydroxylation is 1. The van der Waals surface area contributed by atoms with Crippen LogP contribution in [0, 0.1) is 6.92 Å². The Morgan fingerprint density at radius 3 is 2.93 bits per heavy atom. The first-order chi connectivity index (χ1) is 14.2. The van der Waals surface area contributed by atoms with E-state index in [1.54, 1.807) is 13.4 Å². The van der Waals surface area contributed by atoms with Crippen molar-refractivity contribution in [2.45, 2.75) is 13.0 Å². The summed E-state index contributed by atoms with van der Waals surface area (Å²) in [6.45, 7) is 2.26. The molecule has 9 nitrogen and oxygen atoms in total. The third kappa shape index (κ3) is 3.11. The number of methoxy groups -OCH3 is 1. The van der Waals surface area contributed by atoms with E-state index in [2.05, 4.69) is 20.6 Å². The molecule has 0 bridgehead atoms. The Morgan fingerprint density at radius 2 is 2.10 bits per heavy atom. The maximum absolute atomic E-state index is 5.56. The Balaban J connectivity index is 1.51. The number of nitrogens with one attached hydrogen (secondary N) is 1. The van der Waals surface area contributed by atoms with E-state index in [4.69, 9.17) is 19.1 Å². The lowest BCUT2D eigenvalue weighted by atomic mass is 10.1. The number of nitrogens with zero attached hydrogens (tertiary/aromatic N) is 5. The van der Waals surface area contributed by atoms with Crippen LogP contribution in [0.2, 0.25) is 0 Å². The number of fused-ring (bicyclic) bond motifs is 1. The van der Waals surface area contributed by atoms with Crippen molar-refractivity contribution in [3.05, 3.63) is 66.0 Å². The molecule has 1 aromatic carbocycles. The van der Waals surface area contributed by atoms with E-state index in [1.165, 1.54) is 0 Å². The van der Waals surface area contributed by atoms with Crippen LogP contribution in [0.25, 0.3) is 16.7 Å². The predicted molar refractivity (Wildman–Crippen MR) is 105 cm³/mol. The number of hydrogen-bond acceptors (Lipinski definition) is 8. The standard InChI is InChI=1S/C20H18N6O3/c1-12-9-26(11-21-12)16-8-7-14(23-20(16)27-2)19-22-15(10-28-25-19)18-13-5-3-4-6-17(13)29-24-18/h3-9,11,15H,10H2,1-2H3,(H,22,25). The summed E-state index contributed by atoms with van der Waals surface area (Å²) in [5.41, 5.74) is 6.59. The fourth-order valence-electron chi connectivity index (χ4n) is 3.28. The maximum Gasteiger partial charge on any atom is 0.238 e. The molecule has 0 amide bonds. The summed E-state index contributed by atoms with van der Waals surface area (Å²) >= 11 is 0. The van der Waals surface area contributed by atoms with E-state index >= 15 is 0 Å². The second-order valence-electron chi connectivity index (χ2n) is 6.62. The van der Waals surface area contributed by atoms with Gasteiger partial charge in [0.1, 0.15) is 29.7 Å². The molecule has 9 heteroatoms. The van der Waals surface area contributed by atoms with Crippen molar-refractivity contribution in [3.63, 3.8) is 0 Å². The van der Waals surface area contributed by atoms with Gasteiger partial charge in [-0.2, -0.15) is 0 Å². The molecule has 0 spiro atoms. The molecule has 5 rings (SSSR count). The van der Waals surface area contributed by atoms with Gasteiger partial charge in [0.2, 0.25) is 5.88 Å². The molecule has 0 saturated heterocycles. The number of ether oxygens (including phenoxy) is 1. The van der Waals surface area contributed by atoms with Crippen LogP contribution in [0.15, 0.2) is 58.4 Å². The summed E-state index contributed by atoms with van der Waals surface area (Å²) in [7, 11) is 1.58. The third-order valence-corrected chi connectivity index (χ3v) is 4.68. The zero-order chi connectivity index (χ0) is 19.8. The van der Waals surface area contributed by atoms with Gasteiger partial charge < -0.3 is 13.8 Å². The number of rotatable bonds is 4. The van der Waals surface area contributed by atoms with Gasteiger partial charge in [0.25, 0.3) is 0 Å². The molecule has 0 saturated carbocycles. The highest BCUT2D eigenvalue weighted by atomic mass is 16.6. The molecule has 0 fully saturated rings. The molecular formula is C20H18N6O3. The smallest absolute Gasteiger partial charge is 0.238 e. The lowest BCUT2D eigenvalue weighted by Gasteiger charge is -2.20. The van der Waals surface area contributed by atoms with E-state index in [-0.39, 0.29) is 6.04 Å². The third-order valence-electron chi connectivity index (χ3n) is 4.68. The van der Waals surface area contributed by atoms with Gasteiger partial charge in [0.15, 0.2) is 11.4 Å². The van der Waals surface area contributed by atoms with Crippen LogP contribution in [0.5, 0.6) is 5.88 Å². The average molecular weight is 390 g/mol. The molecule has 3 aromatic heterocycles. The molecule has 1 unspecified atom stereocenters.